The van der Waals surface area contributed by atoms with Gasteiger partial charge in [-0.15, -0.1) is 0 Å². The molecule has 0 bridgehead atoms. The lowest BCUT2D eigenvalue weighted by molar-refractivity contribution is -0.120. The third-order valence-corrected chi connectivity index (χ3v) is 5.01. The van der Waals surface area contributed by atoms with Crippen LogP contribution < -0.4 is 5.32 Å². The predicted molar refractivity (Wildman–Crippen MR) is 93.2 cm³/mol. The monoisotopic (exact) mass is 313 g/mol. The van der Waals surface area contributed by atoms with Crippen molar-refractivity contribution in [3.8, 4) is 0 Å². The number of methoxy groups -OCH3 is 1. The number of Topliss-reactive ketones (excluding diaryl/α,β-unsaturated/α-hetero) is 1. The maximum Gasteiger partial charge on any atom is 0.133 e. The zero-order chi connectivity index (χ0) is 16.1. The molecule has 0 heterocycles. The molecule has 2 aliphatic carbocycles. The second-order valence-electron chi connectivity index (χ2n) is 6.80. The van der Waals surface area contributed by atoms with Crippen LogP contribution in [0, 0.1) is 5.92 Å². The highest BCUT2D eigenvalue weighted by atomic mass is 16.5. The summed E-state index contributed by atoms with van der Waals surface area (Å²) < 4.78 is 5.29. The Morgan fingerprint density at radius 3 is 2.70 bits per heavy atom. The van der Waals surface area contributed by atoms with E-state index in [0.717, 1.165) is 38.7 Å². The van der Waals surface area contributed by atoms with E-state index in [1.54, 1.807) is 7.11 Å². The standard InChI is InChI=1S/C20H27NO2/c1-23-12-11-16(13-15-5-3-2-4-6-15)19-14-20(19)21-17-7-9-18(22)10-8-17/h2-6,13,17,19-21H,7-12,14H2,1H3/b16-13+. The van der Waals surface area contributed by atoms with E-state index in [4.69, 9.17) is 4.74 Å². The van der Waals surface area contributed by atoms with E-state index in [9.17, 15) is 4.79 Å². The Balaban J connectivity index is 1.58. The van der Waals surface area contributed by atoms with E-state index in [2.05, 4.69) is 41.7 Å². The lowest BCUT2D eigenvalue weighted by atomic mass is 9.94. The average Bonchev–Trinajstić information content (AvgIpc) is 3.34. The smallest absolute Gasteiger partial charge is 0.133 e. The Hall–Kier alpha value is -1.45. The van der Waals surface area contributed by atoms with Gasteiger partial charge in [-0.1, -0.05) is 42.0 Å². The van der Waals surface area contributed by atoms with E-state index >= 15 is 0 Å². The zero-order valence-corrected chi connectivity index (χ0v) is 14.0. The van der Waals surface area contributed by atoms with Gasteiger partial charge in [0.25, 0.3) is 0 Å². The normalized spacial score (nSPS) is 25.6. The molecule has 2 aliphatic rings. The number of nitrogens with one attached hydrogen (secondary N) is 1. The maximum atomic E-state index is 11.4. The van der Waals surface area contributed by atoms with E-state index in [0.29, 0.717) is 23.8 Å². The molecule has 0 spiro atoms. The summed E-state index contributed by atoms with van der Waals surface area (Å²) in [6.07, 6.45) is 8.08. The van der Waals surface area contributed by atoms with Crippen LogP contribution >= 0.6 is 0 Å². The molecule has 1 aromatic carbocycles. The Bertz CT molecular complexity index is 542. The number of rotatable bonds is 7. The number of ether oxygens (including phenoxy) is 1. The van der Waals surface area contributed by atoms with Crippen molar-refractivity contribution in [2.24, 2.45) is 5.92 Å². The first kappa shape index (κ1) is 16.4. The molecule has 2 unspecified atom stereocenters. The highest BCUT2D eigenvalue weighted by Crippen LogP contribution is 2.40. The molecule has 23 heavy (non-hydrogen) atoms. The van der Waals surface area contributed by atoms with Gasteiger partial charge < -0.3 is 10.1 Å². The molecule has 1 aromatic rings. The zero-order valence-electron chi connectivity index (χ0n) is 14.0. The minimum absolute atomic E-state index is 0.431. The van der Waals surface area contributed by atoms with Gasteiger partial charge in [-0.3, -0.25) is 4.79 Å². The highest BCUT2D eigenvalue weighted by Gasteiger charge is 2.40. The van der Waals surface area contributed by atoms with Crippen molar-refractivity contribution >= 4 is 11.9 Å². The molecule has 3 rings (SSSR count). The van der Waals surface area contributed by atoms with Crippen LogP contribution in [0.4, 0.5) is 0 Å². The molecule has 0 radical (unpaired) electrons. The number of carbonyl (C=O) groups excluding carboxylic acids is 1. The molecule has 124 valence electrons. The van der Waals surface area contributed by atoms with E-state index in [-0.39, 0.29) is 0 Å². The molecule has 3 heteroatoms. The molecule has 0 amide bonds. The largest absolute Gasteiger partial charge is 0.384 e. The Labute approximate surface area is 139 Å². The molecule has 0 aromatic heterocycles. The van der Waals surface area contributed by atoms with Gasteiger partial charge in [0.05, 0.1) is 0 Å². The van der Waals surface area contributed by atoms with Crippen LogP contribution in [0.15, 0.2) is 35.9 Å². The summed E-state index contributed by atoms with van der Waals surface area (Å²) in [7, 11) is 1.77. The molecule has 0 aliphatic heterocycles. The van der Waals surface area contributed by atoms with Crippen molar-refractivity contribution in [3.63, 3.8) is 0 Å². The molecule has 2 saturated carbocycles. The topological polar surface area (TPSA) is 38.3 Å². The Morgan fingerprint density at radius 1 is 1.26 bits per heavy atom. The molecule has 2 atom stereocenters. The van der Waals surface area contributed by atoms with Crippen molar-refractivity contribution in [2.45, 2.75) is 50.6 Å². The first-order valence-corrected chi connectivity index (χ1v) is 8.78. The van der Waals surface area contributed by atoms with Crippen LogP contribution in [-0.2, 0) is 9.53 Å². The number of hydrogen-bond donors (Lipinski definition) is 1. The summed E-state index contributed by atoms with van der Waals surface area (Å²) in [6.45, 7) is 0.778. The quantitative estimate of drug-likeness (QED) is 0.836. The molecule has 2 fully saturated rings. The van der Waals surface area contributed by atoms with Crippen LogP contribution in [-0.4, -0.2) is 31.6 Å². The summed E-state index contributed by atoms with van der Waals surface area (Å²) in [5, 5.41) is 3.77. The van der Waals surface area contributed by atoms with Crippen molar-refractivity contribution < 1.29 is 9.53 Å². The summed E-state index contributed by atoms with van der Waals surface area (Å²) >= 11 is 0. The molecule has 0 saturated heterocycles. The van der Waals surface area contributed by atoms with Crippen LogP contribution in [0.2, 0.25) is 0 Å². The Morgan fingerprint density at radius 2 is 2.00 bits per heavy atom. The van der Waals surface area contributed by atoms with Gasteiger partial charge in [0.1, 0.15) is 5.78 Å². The van der Waals surface area contributed by atoms with Gasteiger partial charge in [0.15, 0.2) is 0 Å². The fourth-order valence-corrected chi connectivity index (χ4v) is 3.55. The summed E-state index contributed by atoms with van der Waals surface area (Å²) in [4.78, 5) is 11.4. The molecule has 3 nitrogen and oxygen atoms in total. The minimum Gasteiger partial charge on any atom is -0.384 e. The van der Waals surface area contributed by atoms with E-state index < -0.39 is 0 Å². The van der Waals surface area contributed by atoms with Crippen molar-refractivity contribution in [1.82, 2.24) is 5.32 Å². The van der Waals surface area contributed by atoms with Crippen molar-refractivity contribution in [1.29, 1.82) is 0 Å². The Kier molecular flexibility index (Phi) is 5.63. The minimum atomic E-state index is 0.431. The van der Waals surface area contributed by atoms with Gasteiger partial charge in [-0.2, -0.15) is 0 Å². The van der Waals surface area contributed by atoms with E-state index in [1.165, 1.54) is 17.6 Å². The fourth-order valence-electron chi connectivity index (χ4n) is 3.55. The van der Waals surface area contributed by atoms with Gasteiger partial charge in [-0.25, -0.2) is 0 Å². The molecular formula is C20H27NO2. The lowest BCUT2D eigenvalue weighted by Gasteiger charge is -2.22. The fraction of sp³-hybridized carbons (Fsp3) is 0.550. The second kappa shape index (κ2) is 7.89. The number of carbonyl (C=O) groups is 1. The van der Waals surface area contributed by atoms with Gasteiger partial charge in [-0.05, 0) is 37.2 Å². The van der Waals surface area contributed by atoms with Gasteiger partial charge in [0.2, 0.25) is 0 Å². The number of hydrogen-bond acceptors (Lipinski definition) is 3. The lowest BCUT2D eigenvalue weighted by Crippen LogP contribution is -2.35. The van der Waals surface area contributed by atoms with Crippen molar-refractivity contribution in [2.75, 3.05) is 13.7 Å². The average molecular weight is 313 g/mol. The molecule has 1 N–H and O–H groups in total. The van der Waals surface area contributed by atoms with Crippen LogP contribution in [0.25, 0.3) is 6.08 Å². The van der Waals surface area contributed by atoms with E-state index in [1.807, 2.05) is 0 Å². The number of ketones is 1. The maximum absolute atomic E-state index is 11.4. The van der Waals surface area contributed by atoms with Gasteiger partial charge in [0, 0.05) is 38.6 Å². The highest BCUT2D eigenvalue weighted by molar-refractivity contribution is 5.79. The van der Waals surface area contributed by atoms with Crippen LogP contribution in [0.5, 0.6) is 0 Å². The summed E-state index contributed by atoms with van der Waals surface area (Å²) in [5.41, 5.74) is 2.76. The van der Waals surface area contributed by atoms with Crippen LogP contribution in [0.1, 0.15) is 44.1 Å². The third-order valence-electron chi connectivity index (χ3n) is 5.01. The SMILES string of the molecule is COCC/C(=C\c1ccccc1)C1CC1NC1CCC(=O)CC1. The first-order chi connectivity index (χ1) is 11.3. The van der Waals surface area contributed by atoms with Crippen molar-refractivity contribution in [3.05, 3.63) is 41.5 Å². The molecular weight excluding hydrogens is 286 g/mol. The summed E-state index contributed by atoms with van der Waals surface area (Å²) in [5.74, 6) is 1.06. The predicted octanol–water partition coefficient (Wildman–Crippen LogP) is 3.60. The third kappa shape index (κ3) is 4.76. The summed E-state index contributed by atoms with van der Waals surface area (Å²) in [6, 6.07) is 11.7. The van der Waals surface area contributed by atoms with Crippen LogP contribution in [0.3, 0.4) is 0 Å². The van der Waals surface area contributed by atoms with Gasteiger partial charge >= 0.3 is 0 Å². The first-order valence-electron chi connectivity index (χ1n) is 8.78. The number of benzene rings is 1. The second-order valence-corrected chi connectivity index (χ2v) is 6.80.